The lowest BCUT2D eigenvalue weighted by Crippen LogP contribution is -2.49. The van der Waals surface area contributed by atoms with Crippen molar-refractivity contribution in [1.82, 2.24) is 4.90 Å². The minimum absolute atomic E-state index is 0.0291. The topological polar surface area (TPSA) is 64.8 Å². The number of carbonyl (C=O) groups is 1. The number of nitrogens with zero attached hydrogens (tertiary/aromatic N) is 1. The van der Waals surface area contributed by atoms with Gasteiger partial charge in [-0.15, -0.1) is 0 Å². The number of hydrogen-bond donors (Lipinski definition) is 1. The third-order valence-corrected chi connectivity index (χ3v) is 3.85. The summed E-state index contributed by atoms with van der Waals surface area (Å²) in [6, 6.07) is 5.10. The van der Waals surface area contributed by atoms with Crippen LogP contribution in [0.1, 0.15) is 30.1 Å². The number of rotatable bonds is 3. The number of nitrogens with two attached hydrogens (primary N) is 1. The van der Waals surface area contributed by atoms with Gasteiger partial charge in [0.2, 0.25) is 0 Å². The summed E-state index contributed by atoms with van der Waals surface area (Å²) in [5.74, 6) is 0.568. The summed E-state index contributed by atoms with van der Waals surface area (Å²) in [5, 5.41) is 0. The van der Waals surface area contributed by atoms with E-state index < -0.39 is 0 Å². The normalized spacial score (nSPS) is 22.6. The first-order valence-corrected chi connectivity index (χ1v) is 6.76. The second kappa shape index (κ2) is 5.71. The van der Waals surface area contributed by atoms with Crippen LogP contribution in [-0.2, 0) is 4.74 Å². The van der Waals surface area contributed by atoms with Gasteiger partial charge in [-0.3, -0.25) is 4.79 Å². The van der Waals surface area contributed by atoms with Gasteiger partial charge in [0.15, 0.2) is 0 Å². The van der Waals surface area contributed by atoms with Gasteiger partial charge in [-0.25, -0.2) is 0 Å². The Labute approximate surface area is 119 Å². The van der Waals surface area contributed by atoms with Crippen molar-refractivity contribution in [3.8, 4) is 5.75 Å². The molecule has 1 aliphatic heterocycles. The quantitative estimate of drug-likeness (QED) is 0.858. The van der Waals surface area contributed by atoms with Crippen LogP contribution in [0.25, 0.3) is 0 Å². The number of carbonyl (C=O) groups excluding carboxylic acids is 1. The van der Waals surface area contributed by atoms with Gasteiger partial charge in [-0.1, -0.05) is 0 Å². The van der Waals surface area contributed by atoms with Crippen molar-refractivity contribution in [3.05, 3.63) is 23.8 Å². The Morgan fingerprint density at radius 3 is 2.75 bits per heavy atom. The Morgan fingerprint density at radius 1 is 1.35 bits per heavy atom. The third kappa shape index (κ3) is 3.04. The number of benzene rings is 1. The fourth-order valence-electron chi connectivity index (χ4n) is 2.59. The number of likely N-dealkylation sites (tertiary alicyclic amines) is 1. The highest BCUT2D eigenvalue weighted by Crippen LogP contribution is 2.26. The SMILES string of the molecule is COc1cc(N)cc(C(=O)N2CCCC(C)(OC)C2)c1. The Kier molecular flexibility index (Phi) is 4.18. The van der Waals surface area contributed by atoms with E-state index in [-0.39, 0.29) is 11.5 Å². The zero-order valence-corrected chi connectivity index (χ0v) is 12.3. The smallest absolute Gasteiger partial charge is 0.254 e. The maximum Gasteiger partial charge on any atom is 0.254 e. The molecular weight excluding hydrogens is 256 g/mol. The molecule has 0 aromatic heterocycles. The van der Waals surface area contributed by atoms with Crippen LogP contribution in [-0.4, -0.2) is 43.7 Å². The minimum atomic E-state index is -0.266. The molecule has 1 amide bonds. The van der Waals surface area contributed by atoms with E-state index in [1.165, 1.54) is 0 Å². The molecule has 1 heterocycles. The lowest BCUT2D eigenvalue weighted by molar-refractivity contribution is -0.0440. The Hall–Kier alpha value is -1.75. The summed E-state index contributed by atoms with van der Waals surface area (Å²) in [6.45, 7) is 3.38. The highest BCUT2D eigenvalue weighted by molar-refractivity contribution is 5.95. The fourth-order valence-corrected chi connectivity index (χ4v) is 2.59. The molecule has 1 saturated heterocycles. The van der Waals surface area contributed by atoms with Crippen LogP contribution in [0.15, 0.2) is 18.2 Å². The highest BCUT2D eigenvalue weighted by Gasteiger charge is 2.33. The molecule has 1 aromatic rings. The van der Waals surface area contributed by atoms with Crippen LogP contribution in [0.5, 0.6) is 5.75 Å². The first-order chi connectivity index (χ1) is 9.47. The molecule has 20 heavy (non-hydrogen) atoms. The van der Waals surface area contributed by atoms with E-state index in [9.17, 15) is 4.79 Å². The summed E-state index contributed by atoms with van der Waals surface area (Å²) < 4.78 is 10.7. The van der Waals surface area contributed by atoms with Gasteiger partial charge in [0.05, 0.1) is 12.7 Å². The van der Waals surface area contributed by atoms with Crippen molar-refractivity contribution in [2.24, 2.45) is 0 Å². The van der Waals surface area contributed by atoms with Crippen molar-refractivity contribution >= 4 is 11.6 Å². The van der Waals surface area contributed by atoms with Crippen molar-refractivity contribution in [3.63, 3.8) is 0 Å². The Balaban J connectivity index is 2.20. The van der Waals surface area contributed by atoms with Crippen LogP contribution in [0.3, 0.4) is 0 Å². The zero-order chi connectivity index (χ0) is 14.8. The second-order valence-corrected chi connectivity index (χ2v) is 5.48. The summed E-state index contributed by atoms with van der Waals surface area (Å²) in [6.07, 6.45) is 1.91. The molecule has 110 valence electrons. The lowest BCUT2D eigenvalue weighted by atomic mass is 9.94. The van der Waals surface area contributed by atoms with Gasteiger partial charge in [0, 0.05) is 37.5 Å². The standard InChI is InChI=1S/C15H22N2O3/c1-15(20-3)5-4-6-17(10-15)14(18)11-7-12(16)9-13(8-11)19-2/h7-9H,4-6,10,16H2,1-3H3. The number of amides is 1. The van der Waals surface area contributed by atoms with E-state index in [0.29, 0.717) is 23.5 Å². The molecular formula is C15H22N2O3. The summed E-state index contributed by atoms with van der Waals surface area (Å²) in [7, 11) is 3.25. The molecule has 1 aliphatic rings. The van der Waals surface area contributed by atoms with Crippen LogP contribution in [0, 0.1) is 0 Å². The van der Waals surface area contributed by atoms with E-state index in [0.717, 1.165) is 19.4 Å². The Bertz CT molecular complexity index is 504. The van der Waals surface area contributed by atoms with Crippen molar-refractivity contribution in [2.45, 2.75) is 25.4 Å². The number of piperidine rings is 1. The predicted molar refractivity (Wildman–Crippen MR) is 78.0 cm³/mol. The minimum Gasteiger partial charge on any atom is -0.497 e. The number of anilines is 1. The van der Waals surface area contributed by atoms with Crippen LogP contribution < -0.4 is 10.5 Å². The molecule has 0 saturated carbocycles. The number of nitrogen functional groups attached to an aromatic ring is 1. The predicted octanol–water partition coefficient (Wildman–Crippen LogP) is 1.92. The van der Waals surface area contributed by atoms with E-state index >= 15 is 0 Å². The molecule has 1 aromatic carbocycles. The van der Waals surface area contributed by atoms with Gasteiger partial charge >= 0.3 is 0 Å². The van der Waals surface area contributed by atoms with Crippen molar-refractivity contribution in [2.75, 3.05) is 33.0 Å². The third-order valence-electron chi connectivity index (χ3n) is 3.85. The largest absolute Gasteiger partial charge is 0.497 e. The number of hydrogen-bond acceptors (Lipinski definition) is 4. The maximum absolute atomic E-state index is 12.6. The molecule has 2 rings (SSSR count). The van der Waals surface area contributed by atoms with Gasteiger partial charge in [-0.2, -0.15) is 0 Å². The monoisotopic (exact) mass is 278 g/mol. The van der Waals surface area contributed by atoms with Gasteiger partial charge in [0.1, 0.15) is 5.75 Å². The number of methoxy groups -OCH3 is 2. The molecule has 5 nitrogen and oxygen atoms in total. The molecule has 0 aliphatic carbocycles. The first-order valence-electron chi connectivity index (χ1n) is 6.76. The van der Waals surface area contributed by atoms with Crippen molar-refractivity contribution < 1.29 is 14.3 Å². The molecule has 0 spiro atoms. The van der Waals surface area contributed by atoms with Gasteiger partial charge in [0.25, 0.3) is 5.91 Å². The molecule has 2 N–H and O–H groups in total. The molecule has 1 atom stereocenters. The molecule has 0 radical (unpaired) electrons. The van der Waals surface area contributed by atoms with E-state index in [1.807, 2.05) is 11.8 Å². The Morgan fingerprint density at radius 2 is 2.10 bits per heavy atom. The first kappa shape index (κ1) is 14.7. The molecule has 1 fully saturated rings. The lowest BCUT2D eigenvalue weighted by Gasteiger charge is -2.39. The highest BCUT2D eigenvalue weighted by atomic mass is 16.5. The van der Waals surface area contributed by atoms with Crippen LogP contribution in [0.2, 0.25) is 0 Å². The van der Waals surface area contributed by atoms with E-state index in [4.69, 9.17) is 15.2 Å². The van der Waals surface area contributed by atoms with E-state index in [1.54, 1.807) is 32.4 Å². The van der Waals surface area contributed by atoms with Gasteiger partial charge < -0.3 is 20.1 Å². The fraction of sp³-hybridized carbons (Fsp3) is 0.533. The van der Waals surface area contributed by atoms with E-state index in [2.05, 4.69) is 0 Å². The van der Waals surface area contributed by atoms with Crippen molar-refractivity contribution in [1.29, 1.82) is 0 Å². The van der Waals surface area contributed by atoms with Crippen LogP contribution >= 0.6 is 0 Å². The number of ether oxygens (including phenoxy) is 2. The average molecular weight is 278 g/mol. The molecule has 5 heteroatoms. The van der Waals surface area contributed by atoms with Gasteiger partial charge in [-0.05, 0) is 31.9 Å². The summed E-state index contributed by atoms with van der Waals surface area (Å²) >= 11 is 0. The summed E-state index contributed by atoms with van der Waals surface area (Å²) in [5.41, 5.74) is 6.63. The second-order valence-electron chi connectivity index (χ2n) is 5.48. The summed E-state index contributed by atoms with van der Waals surface area (Å²) in [4.78, 5) is 14.4. The molecule has 0 bridgehead atoms. The molecule has 1 unspecified atom stereocenters. The van der Waals surface area contributed by atoms with Crippen LogP contribution in [0.4, 0.5) is 5.69 Å². The maximum atomic E-state index is 12.6. The average Bonchev–Trinajstić information content (AvgIpc) is 2.45. The zero-order valence-electron chi connectivity index (χ0n) is 12.3.